The van der Waals surface area contributed by atoms with Crippen molar-refractivity contribution in [2.45, 2.75) is 12.8 Å². The van der Waals surface area contributed by atoms with Crippen LogP contribution in [0.1, 0.15) is 32.7 Å². The predicted octanol–water partition coefficient (Wildman–Crippen LogP) is 2.46. The first-order valence-electron chi connectivity index (χ1n) is 6.12. The van der Waals surface area contributed by atoms with Gasteiger partial charge in [-0.15, -0.1) is 0 Å². The number of ketones is 1. The molecule has 0 atom stereocenters. The summed E-state index contributed by atoms with van der Waals surface area (Å²) in [6.07, 6.45) is 4.39. The maximum atomic E-state index is 12.1. The molecule has 3 rings (SSSR count). The van der Waals surface area contributed by atoms with Crippen LogP contribution in [0.15, 0.2) is 42.7 Å². The number of nitrogens with zero attached hydrogens (tertiary/aromatic N) is 1. The summed E-state index contributed by atoms with van der Waals surface area (Å²) >= 11 is 0. The van der Waals surface area contributed by atoms with E-state index < -0.39 is 0 Å². The Bertz CT molecular complexity index is 650. The highest BCUT2D eigenvalue weighted by molar-refractivity contribution is 6.11. The molecule has 1 aliphatic rings. The zero-order valence-electron chi connectivity index (χ0n) is 10.2. The number of carbonyl (C=O) groups excluding carboxylic acids is 2. The fourth-order valence-electron chi connectivity index (χ4n) is 2.31. The van der Waals surface area contributed by atoms with E-state index in [1.807, 2.05) is 12.1 Å². The summed E-state index contributed by atoms with van der Waals surface area (Å²) in [6, 6.07) is 8.94. The number of aromatic nitrogens is 1. The van der Waals surface area contributed by atoms with Crippen LogP contribution in [0, 0.1) is 0 Å². The van der Waals surface area contributed by atoms with Crippen LogP contribution < -0.4 is 5.32 Å². The monoisotopic (exact) mass is 252 g/mol. The van der Waals surface area contributed by atoms with Crippen LogP contribution >= 0.6 is 0 Å². The van der Waals surface area contributed by atoms with Crippen LogP contribution in [-0.4, -0.2) is 16.7 Å². The molecule has 94 valence electrons. The first-order chi connectivity index (χ1) is 9.25. The van der Waals surface area contributed by atoms with Gasteiger partial charge in [0.15, 0.2) is 5.78 Å². The lowest BCUT2D eigenvalue weighted by atomic mass is 10.1. The van der Waals surface area contributed by atoms with Crippen LogP contribution in [-0.2, 0) is 6.42 Å². The lowest BCUT2D eigenvalue weighted by Crippen LogP contribution is -2.14. The summed E-state index contributed by atoms with van der Waals surface area (Å²) < 4.78 is 0. The number of nitrogens with one attached hydrogen (secondary N) is 1. The third-order valence-electron chi connectivity index (χ3n) is 3.22. The number of benzene rings is 1. The van der Waals surface area contributed by atoms with Gasteiger partial charge in [0.1, 0.15) is 0 Å². The van der Waals surface area contributed by atoms with Crippen LogP contribution in [0.2, 0.25) is 0 Å². The van der Waals surface area contributed by atoms with Gasteiger partial charge in [-0.2, -0.15) is 0 Å². The highest BCUT2D eigenvalue weighted by Crippen LogP contribution is 2.28. The topological polar surface area (TPSA) is 59.1 Å². The van der Waals surface area contributed by atoms with Crippen molar-refractivity contribution in [1.82, 2.24) is 4.98 Å². The summed E-state index contributed by atoms with van der Waals surface area (Å²) in [7, 11) is 0. The van der Waals surface area contributed by atoms with E-state index in [0.717, 1.165) is 12.0 Å². The lowest BCUT2D eigenvalue weighted by Gasteiger charge is -2.09. The Labute approximate surface area is 110 Å². The van der Waals surface area contributed by atoms with Crippen molar-refractivity contribution in [3.8, 4) is 0 Å². The number of pyridine rings is 1. The molecule has 1 heterocycles. The molecule has 0 bridgehead atoms. The van der Waals surface area contributed by atoms with Gasteiger partial charge in [0, 0.05) is 24.4 Å². The largest absolute Gasteiger partial charge is 0.321 e. The minimum Gasteiger partial charge on any atom is -0.321 e. The molecule has 1 aliphatic carbocycles. The summed E-state index contributed by atoms with van der Waals surface area (Å²) in [4.78, 5) is 27.8. The molecule has 19 heavy (non-hydrogen) atoms. The molecule has 0 saturated heterocycles. The molecule has 1 aromatic carbocycles. The number of hydrogen-bond donors (Lipinski definition) is 1. The van der Waals surface area contributed by atoms with Gasteiger partial charge in [-0.3, -0.25) is 14.6 Å². The second-order valence-electron chi connectivity index (χ2n) is 4.46. The Balaban J connectivity index is 1.91. The maximum Gasteiger partial charge on any atom is 0.257 e. The summed E-state index contributed by atoms with van der Waals surface area (Å²) in [5.74, 6) is -0.154. The van der Waals surface area contributed by atoms with E-state index in [1.165, 1.54) is 6.20 Å². The van der Waals surface area contributed by atoms with Crippen LogP contribution in [0.3, 0.4) is 0 Å². The third-order valence-corrected chi connectivity index (χ3v) is 3.22. The highest BCUT2D eigenvalue weighted by Gasteiger charge is 2.23. The Kier molecular flexibility index (Phi) is 2.83. The van der Waals surface area contributed by atoms with Crippen molar-refractivity contribution in [3.05, 3.63) is 59.4 Å². The van der Waals surface area contributed by atoms with E-state index in [2.05, 4.69) is 10.3 Å². The van der Waals surface area contributed by atoms with E-state index in [-0.39, 0.29) is 11.7 Å². The number of anilines is 1. The molecule has 4 heteroatoms. The summed E-state index contributed by atoms with van der Waals surface area (Å²) in [6.45, 7) is 0. The average Bonchev–Trinajstić information content (AvgIpc) is 2.83. The number of rotatable bonds is 2. The quantitative estimate of drug-likeness (QED) is 0.893. The van der Waals surface area contributed by atoms with Gasteiger partial charge < -0.3 is 5.32 Å². The third kappa shape index (κ3) is 2.12. The molecule has 2 aromatic rings. The van der Waals surface area contributed by atoms with Crippen molar-refractivity contribution in [3.63, 3.8) is 0 Å². The minimum absolute atomic E-state index is 0.0945. The Morgan fingerprint density at radius 3 is 2.84 bits per heavy atom. The van der Waals surface area contributed by atoms with E-state index in [4.69, 9.17) is 0 Å². The molecular weight excluding hydrogens is 240 g/mol. The van der Waals surface area contributed by atoms with Gasteiger partial charge in [0.2, 0.25) is 0 Å². The lowest BCUT2D eigenvalue weighted by molar-refractivity contribution is 0.0995. The van der Waals surface area contributed by atoms with Gasteiger partial charge in [-0.1, -0.05) is 12.1 Å². The molecule has 0 spiro atoms. The normalized spacial score (nSPS) is 13.2. The first kappa shape index (κ1) is 11.6. The number of hydrogen-bond acceptors (Lipinski definition) is 3. The highest BCUT2D eigenvalue weighted by atomic mass is 16.1. The SMILES string of the molecule is O=C(Nc1cccc2c1C(=O)CC2)c1cccnc1. The standard InChI is InChI=1S/C15H12N2O2/c18-13-7-6-10-3-1-5-12(14(10)13)17-15(19)11-4-2-8-16-9-11/h1-5,8-9H,6-7H2,(H,17,19). The molecule has 1 N–H and O–H groups in total. The number of aryl methyl sites for hydroxylation is 1. The zero-order valence-corrected chi connectivity index (χ0v) is 10.2. The van der Waals surface area contributed by atoms with Crippen LogP contribution in [0.25, 0.3) is 0 Å². The Morgan fingerprint density at radius 2 is 2.05 bits per heavy atom. The number of fused-ring (bicyclic) bond motifs is 1. The summed E-state index contributed by atoms with van der Waals surface area (Å²) in [5, 5.41) is 2.79. The second kappa shape index (κ2) is 4.65. The average molecular weight is 252 g/mol. The predicted molar refractivity (Wildman–Crippen MR) is 71.3 cm³/mol. The smallest absolute Gasteiger partial charge is 0.257 e. The molecule has 1 aromatic heterocycles. The fraction of sp³-hybridized carbons (Fsp3) is 0.133. The Morgan fingerprint density at radius 1 is 1.16 bits per heavy atom. The van der Waals surface area contributed by atoms with Crippen molar-refractivity contribution in [2.75, 3.05) is 5.32 Å². The molecule has 0 saturated carbocycles. The molecule has 0 aliphatic heterocycles. The number of carbonyl (C=O) groups is 2. The van der Waals surface area contributed by atoms with E-state index in [0.29, 0.717) is 23.2 Å². The van der Waals surface area contributed by atoms with Gasteiger partial charge in [0.05, 0.1) is 11.3 Å². The molecular formula is C15H12N2O2. The van der Waals surface area contributed by atoms with Crippen molar-refractivity contribution >= 4 is 17.4 Å². The molecule has 0 unspecified atom stereocenters. The van der Waals surface area contributed by atoms with Gasteiger partial charge in [-0.05, 0) is 30.2 Å². The van der Waals surface area contributed by atoms with Crippen molar-refractivity contribution in [2.24, 2.45) is 0 Å². The molecule has 0 radical (unpaired) electrons. The van der Waals surface area contributed by atoms with Gasteiger partial charge >= 0.3 is 0 Å². The first-order valence-corrected chi connectivity index (χ1v) is 6.12. The number of amides is 1. The van der Waals surface area contributed by atoms with Crippen molar-refractivity contribution < 1.29 is 9.59 Å². The number of Topliss-reactive ketones (excluding diaryl/α,β-unsaturated/α-hetero) is 1. The van der Waals surface area contributed by atoms with E-state index in [1.54, 1.807) is 24.4 Å². The second-order valence-corrected chi connectivity index (χ2v) is 4.46. The van der Waals surface area contributed by atoms with E-state index in [9.17, 15) is 9.59 Å². The molecule has 1 amide bonds. The summed E-state index contributed by atoms with van der Waals surface area (Å²) in [5.41, 5.74) is 2.73. The fourth-order valence-corrected chi connectivity index (χ4v) is 2.31. The van der Waals surface area contributed by atoms with Gasteiger partial charge in [0.25, 0.3) is 5.91 Å². The van der Waals surface area contributed by atoms with Crippen LogP contribution in [0.5, 0.6) is 0 Å². The van der Waals surface area contributed by atoms with Crippen molar-refractivity contribution in [1.29, 1.82) is 0 Å². The van der Waals surface area contributed by atoms with Gasteiger partial charge in [-0.25, -0.2) is 0 Å². The molecule has 0 fully saturated rings. The Hall–Kier alpha value is -2.49. The minimum atomic E-state index is -0.249. The van der Waals surface area contributed by atoms with Crippen LogP contribution in [0.4, 0.5) is 5.69 Å². The maximum absolute atomic E-state index is 12.1. The molecule has 4 nitrogen and oxygen atoms in total. The zero-order chi connectivity index (χ0) is 13.2. The van der Waals surface area contributed by atoms with E-state index >= 15 is 0 Å².